The van der Waals surface area contributed by atoms with Crippen molar-refractivity contribution < 1.29 is 0 Å². The van der Waals surface area contributed by atoms with Crippen LogP contribution in [0.1, 0.15) is 6.42 Å². The van der Waals surface area contributed by atoms with Gasteiger partial charge in [-0.05, 0) is 36.8 Å². The van der Waals surface area contributed by atoms with Gasteiger partial charge in [0, 0.05) is 24.7 Å². The van der Waals surface area contributed by atoms with Crippen LogP contribution in [-0.4, -0.2) is 31.5 Å². The number of benzene rings is 1. The second-order valence-electron chi connectivity index (χ2n) is 5.19. The molecule has 6 nitrogen and oxygen atoms in total. The molecule has 1 aromatic carbocycles. The lowest BCUT2D eigenvalue weighted by molar-refractivity contribution is 0.585. The quantitative estimate of drug-likeness (QED) is 0.555. The van der Waals surface area contributed by atoms with Crippen LogP contribution in [0.3, 0.4) is 0 Å². The van der Waals surface area contributed by atoms with Gasteiger partial charge < -0.3 is 10.3 Å². The second kappa shape index (κ2) is 5.48. The molecule has 2 N–H and O–H groups in total. The summed E-state index contributed by atoms with van der Waals surface area (Å²) in [4.78, 5) is 7.64. The van der Waals surface area contributed by atoms with Crippen LogP contribution in [0.2, 0.25) is 0 Å². The van der Waals surface area contributed by atoms with Crippen molar-refractivity contribution in [3.63, 3.8) is 0 Å². The molecule has 22 heavy (non-hydrogen) atoms. The van der Waals surface area contributed by atoms with E-state index >= 15 is 0 Å². The van der Waals surface area contributed by atoms with Crippen molar-refractivity contribution in [3.8, 4) is 0 Å². The van der Waals surface area contributed by atoms with Crippen LogP contribution in [0.15, 0.2) is 48.7 Å². The lowest BCUT2D eigenvalue weighted by atomic mass is 10.3. The van der Waals surface area contributed by atoms with Crippen molar-refractivity contribution >= 4 is 27.9 Å². The van der Waals surface area contributed by atoms with E-state index in [1.54, 1.807) is 0 Å². The first kappa shape index (κ1) is 12.8. The first-order valence-electron chi connectivity index (χ1n) is 7.36. The highest BCUT2D eigenvalue weighted by atomic mass is 15.4. The number of hydrogen-bond acceptors (Lipinski definition) is 4. The Morgan fingerprint density at radius 1 is 1.09 bits per heavy atom. The number of nitrogens with one attached hydrogen (secondary N) is 2. The van der Waals surface area contributed by atoms with Gasteiger partial charge >= 0.3 is 0 Å². The average molecular weight is 292 g/mol. The van der Waals surface area contributed by atoms with E-state index in [1.165, 1.54) is 0 Å². The van der Waals surface area contributed by atoms with Crippen molar-refractivity contribution in [2.24, 2.45) is 0 Å². The number of rotatable bonds is 5. The van der Waals surface area contributed by atoms with Crippen molar-refractivity contribution in [1.82, 2.24) is 25.0 Å². The number of fused-ring (bicyclic) bond motifs is 2. The highest BCUT2D eigenvalue weighted by molar-refractivity contribution is 5.77. The van der Waals surface area contributed by atoms with Gasteiger partial charge in [-0.15, -0.1) is 5.10 Å². The number of aromatic nitrogens is 5. The van der Waals surface area contributed by atoms with Crippen LogP contribution in [0.25, 0.3) is 22.1 Å². The fourth-order valence-electron chi connectivity index (χ4n) is 2.56. The summed E-state index contributed by atoms with van der Waals surface area (Å²) in [7, 11) is 0. The molecule has 0 fully saturated rings. The molecule has 0 amide bonds. The second-order valence-corrected chi connectivity index (χ2v) is 5.19. The molecule has 0 aliphatic carbocycles. The van der Waals surface area contributed by atoms with E-state index < -0.39 is 0 Å². The third-order valence-corrected chi connectivity index (χ3v) is 3.68. The summed E-state index contributed by atoms with van der Waals surface area (Å²) in [6, 6.07) is 14.1. The van der Waals surface area contributed by atoms with Crippen molar-refractivity contribution in [1.29, 1.82) is 0 Å². The minimum Gasteiger partial charge on any atom is -0.370 e. The number of aryl methyl sites for hydroxylation is 1. The highest BCUT2D eigenvalue weighted by Gasteiger charge is 2.03. The predicted octanol–water partition coefficient (Wildman–Crippen LogP) is 2.81. The van der Waals surface area contributed by atoms with E-state index in [9.17, 15) is 0 Å². The molecule has 4 rings (SSSR count). The smallest absolute Gasteiger partial charge is 0.139 e. The normalized spacial score (nSPS) is 11.3. The van der Waals surface area contributed by atoms with Crippen LogP contribution in [-0.2, 0) is 6.54 Å². The Kier molecular flexibility index (Phi) is 3.19. The Hall–Kier alpha value is -2.89. The van der Waals surface area contributed by atoms with Crippen LogP contribution in [0.4, 0.5) is 5.82 Å². The number of hydrogen-bond donors (Lipinski definition) is 2. The highest BCUT2D eigenvalue weighted by Crippen LogP contribution is 2.13. The van der Waals surface area contributed by atoms with E-state index in [4.69, 9.17) is 0 Å². The van der Waals surface area contributed by atoms with Gasteiger partial charge in [0.1, 0.15) is 17.0 Å². The number of H-pyrrole nitrogens is 1. The summed E-state index contributed by atoms with van der Waals surface area (Å²) >= 11 is 0. The van der Waals surface area contributed by atoms with E-state index in [-0.39, 0.29) is 0 Å². The summed E-state index contributed by atoms with van der Waals surface area (Å²) in [5.74, 6) is 0.887. The molecule has 0 aliphatic heterocycles. The standard InChI is InChI=1S/C16H16N6/c1-2-5-14-13(4-1)20-21-22(14)11-3-9-17-15-7-6-12-8-10-18-16(12)19-15/h1-2,4-8,10H,3,9,11H2,(H2,17,18,19). The molecule has 0 bridgehead atoms. The molecular weight excluding hydrogens is 276 g/mol. The summed E-state index contributed by atoms with van der Waals surface area (Å²) in [5, 5.41) is 12.8. The summed E-state index contributed by atoms with van der Waals surface area (Å²) in [6.07, 6.45) is 2.86. The van der Waals surface area contributed by atoms with Crippen molar-refractivity contribution in [2.45, 2.75) is 13.0 Å². The first-order chi connectivity index (χ1) is 10.9. The van der Waals surface area contributed by atoms with Gasteiger partial charge in [-0.25, -0.2) is 9.67 Å². The largest absolute Gasteiger partial charge is 0.370 e. The third-order valence-electron chi connectivity index (χ3n) is 3.68. The molecule has 4 aromatic rings. The van der Waals surface area contributed by atoms with Gasteiger partial charge in [-0.1, -0.05) is 17.3 Å². The fourth-order valence-corrected chi connectivity index (χ4v) is 2.56. The average Bonchev–Trinajstić information content (AvgIpc) is 3.18. The molecule has 0 saturated heterocycles. The van der Waals surface area contributed by atoms with Gasteiger partial charge in [0.25, 0.3) is 0 Å². The maximum atomic E-state index is 4.52. The molecule has 0 radical (unpaired) electrons. The van der Waals surface area contributed by atoms with Gasteiger partial charge in [0.2, 0.25) is 0 Å². The molecular formula is C16H16N6. The maximum absolute atomic E-state index is 4.52. The Balaban J connectivity index is 1.37. The zero-order valence-corrected chi connectivity index (χ0v) is 12.0. The Bertz CT molecular complexity index is 907. The van der Waals surface area contributed by atoms with Crippen LogP contribution < -0.4 is 5.32 Å². The third kappa shape index (κ3) is 2.39. The zero-order chi connectivity index (χ0) is 14.8. The van der Waals surface area contributed by atoms with E-state index in [0.29, 0.717) is 0 Å². The maximum Gasteiger partial charge on any atom is 0.139 e. The molecule has 3 heterocycles. The number of pyridine rings is 1. The van der Waals surface area contributed by atoms with E-state index in [1.807, 2.05) is 47.3 Å². The van der Waals surface area contributed by atoms with Gasteiger partial charge in [-0.3, -0.25) is 0 Å². The van der Waals surface area contributed by atoms with E-state index in [2.05, 4.69) is 31.7 Å². The Labute approximate surface area is 127 Å². The minimum atomic E-state index is 0.832. The number of nitrogens with zero attached hydrogens (tertiary/aromatic N) is 4. The summed E-state index contributed by atoms with van der Waals surface area (Å²) in [5.41, 5.74) is 2.93. The van der Waals surface area contributed by atoms with Gasteiger partial charge in [-0.2, -0.15) is 0 Å². The van der Waals surface area contributed by atoms with Gasteiger partial charge in [0.15, 0.2) is 0 Å². The van der Waals surface area contributed by atoms with E-state index in [0.717, 1.165) is 47.4 Å². The molecule has 110 valence electrons. The lowest BCUT2D eigenvalue weighted by Gasteiger charge is -2.06. The van der Waals surface area contributed by atoms with Crippen LogP contribution in [0.5, 0.6) is 0 Å². The lowest BCUT2D eigenvalue weighted by Crippen LogP contribution is -2.08. The minimum absolute atomic E-state index is 0.832. The molecule has 0 atom stereocenters. The predicted molar refractivity (Wildman–Crippen MR) is 86.7 cm³/mol. The number of para-hydroxylation sites is 1. The van der Waals surface area contributed by atoms with Crippen LogP contribution >= 0.6 is 0 Å². The molecule has 3 aromatic heterocycles. The number of anilines is 1. The summed E-state index contributed by atoms with van der Waals surface area (Å²) in [6.45, 7) is 1.67. The van der Waals surface area contributed by atoms with Crippen molar-refractivity contribution in [2.75, 3.05) is 11.9 Å². The monoisotopic (exact) mass is 292 g/mol. The molecule has 0 aliphatic rings. The first-order valence-corrected chi connectivity index (χ1v) is 7.36. The van der Waals surface area contributed by atoms with Crippen LogP contribution in [0, 0.1) is 0 Å². The fraction of sp³-hybridized carbons (Fsp3) is 0.188. The molecule has 6 heteroatoms. The van der Waals surface area contributed by atoms with Gasteiger partial charge in [0.05, 0.1) is 5.52 Å². The van der Waals surface area contributed by atoms with Crippen molar-refractivity contribution in [3.05, 3.63) is 48.7 Å². The topological polar surface area (TPSA) is 71.4 Å². The SMILES string of the molecule is c1ccc2c(c1)nnn2CCCNc1ccc2cc[nH]c2n1. The summed E-state index contributed by atoms with van der Waals surface area (Å²) < 4.78 is 1.94. The Morgan fingerprint density at radius 2 is 2.05 bits per heavy atom. The zero-order valence-electron chi connectivity index (χ0n) is 12.0. The number of aromatic amines is 1. The molecule has 0 saturated carbocycles. The Morgan fingerprint density at radius 3 is 3.05 bits per heavy atom. The molecule has 0 spiro atoms. The molecule has 0 unspecified atom stereocenters.